The summed E-state index contributed by atoms with van der Waals surface area (Å²) in [4.78, 5) is 16.8. The second kappa shape index (κ2) is 8.25. The molecule has 3 aromatic carbocycles. The van der Waals surface area contributed by atoms with Crippen LogP contribution in [0.2, 0.25) is 0 Å². The van der Waals surface area contributed by atoms with Gasteiger partial charge in [-0.1, -0.05) is 28.1 Å². The Balaban J connectivity index is 1.54. The van der Waals surface area contributed by atoms with Crippen LogP contribution in [0.4, 0.5) is 5.69 Å². The van der Waals surface area contributed by atoms with Crippen LogP contribution in [0.25, 0.3) is 22.6 Å². The predicted octanol–water partition coefficient (Wildman–Crippen LogP) is 5.40. The molecule has 1 heterocycles. The number of aromatic nitrogens is 1. The molecule has 1 aromatic heterocycles. The predicted molar refractivity (Wildman–Crippen MR) is 124 cm³/mol. The fourth-order valence-corrected chi connectivity index (χ4v) is 3.51. The first kappa shape index (κ1) is 20.1. The number of aromatic hydroxyl groups is 1. The Bertz CT molecular complexity index is 1290. The maximum absolute atomic E-state index is 12.3. The molecule has 0 aliphatic carbocycles. The normalized spacial score (nSPS) is 10.7. The van der Waals surface area contributed by atoms with Gasteiger partial charge in [0.1, 0.15) is 11.3 Å². The number of carbonyl (C=O) groups is 1. The molecule has 0 spiro atoms. The van der Waals surface area contributed by atoms with Crippen molar-refractivity contribution in [2.24, 2.45) is 0 Å². The van der Waals surface area contributed by atoms with Gasteiger partial charge in [0, 0.05) is 15.7 Å². The van der Waals surface area contributed by atoms with Gasteiger partial charge in [-0.05, 0) is 73.2 Å². The van der Waals surface area contributed by atoms with Crippen molar-refractivity contribution in [1.29, 1.82) is 0 Å². The Kier molecular flexibility index (Phi) is 5.52. The van der Waals surface area contributed by atoms with E-state index in [2.05, 4.69) is 31.5 Å². The molecule has 1 amide bonds. The lowest BCUT2D eigenvalue weighted by atomic mass is 10.1. The van der Waals surface area contributed by atoms with Gasteiger partial charge < -0.3 is 14.8 Å². The number of phenols is 1. The van der Waals surface area contributed by atoms with E-state index in [1.165, 1.54) is 6.07 Å². The number of fused-ring (bicyclic) bond motifs is 1. The van der Waals surface area contributed by atoms with Crippen LogP contribution in [-0.4, -0.2) is 21.1 Å². The molecule has 0 fully saturated rings. The van der Waals surface area contributed by atoms with Gasteiger partial charge in [-0.25, -0.2) is 4.98 Å². The van der Waals surface area contributed by atoms with Crippen molar-refractivity contribution in [3.63, 3.8) is 0 Å². The Labute approximate surface area is 186 Å². The number of halogens is 1. The molecule has 0 aliphatic rings. The van der Waals surface area contributed by atoms with Crippen LogP contribution < -0.4 is 10.6 Å². The van der Waals surface area contributed by atoms with Crippen molar-refractivity contribution in [1.82, 2.24) is 10.3 Å². The summed E-state index contributed by atoms with van der Waals surface area (Å²) in [5.41, 5.74) is 3.85. The number of hydrogen-bond donors (Lipinski definition) is 3. The zero-order chi connectivity index (χ0) is 21.3. The molecular weight excluding hydrogens is 466 g/mol. The third-order valence-electron chi connectivity index (χ3n) is 4.34. The molecule has 0 saturated carbocycles. The monoisotopic (exact) mass is 481 g/mol. The van der Waals surface area contributed by atoms with Crippen LogP contribution >= 0.6 is 28.1 Å². The van der Waals surface area contributed by atoms with Crippen molar-refractivity contribution >= 4 is 56.0 Å². The molecule has 0 atom stereocenters. The van der Waals surface area contributed by atoms with Crippen LogP contribution in [0.5, 0.6) is 5.75 Å². The lowest BCUT2D eigenvalue weighted by Gasteiger charge is -2.11. The highest BCUT2D eigenvalue weighted by atomic mass is 79.9. The maximum Gasteiger partial charge on any atom is 0.257 e. The minimum atomic E-state index is -0.331. The van der Waals surface area contributed by atoms with Crippen LogP contribution in [0.3, 0.4) is 0 Å². The van der Waals surface area contributed by atoms with E-state index in [1.54, 1.807) is 30.3 Å². The van der Waals surface area contributed by atoms with E-state index in [-0.39, 0.29) is 16.8 Å². The molecule has 150 valence electrons. The molecule has 0 aliphatic heterocycles. The summed E-state index contributed by atoms with van der Waals surface area (Å²) in [7, 11) is 0. The van der Waals surface area contributed by atoms with Crippen molar-refractivity contribution in [2.75, 3.05) is 5.32 Å². The molecule has 3 N–H and O–H groups in total. The van der Waals surface area contributed by atoms with E-state index in [0.717, 1.165) is 10.0 Å². The lowest BCUT2D eigenvalue weighted by Crippen LogP contribution is -2.34. The molecule has 0 bridgehead atoms. The number of oxazole rings is 1. The standard InChI is InChI=1S/C22H16BrN3O3S/c1-12-5-7-17-19(9-12)29-21(25-17)16-11-15(6-8-18(16)27)24-22(30)26-20(28)13-3-2-4-14(23)10-13/h2-11,27H,1H3,(H2,24,26,28,30). The number of anilines is 1. The van der Waals surface area contributed by atoms with E-state index < -0.39 is 0 Å². The maximum atomic E-state index is 12.3. The van der Waals surface area contributed by atoms with Crippen molar-refractivity contribution in [3.05, 3.63) is 76.3 Å². The molecule has 4 aromatic rings. The first-order chi connectivity index (χ1) is 14.4. The fraction of sp³-hybridized carbons (Fsp3) is 0.0455. The fourth-order valence-electron chi connectivity index (χ4n) is 2.90. The van der Waals surface area contributed by atoms with Gasteiger partial charge in [0.25, 0.3) is 5.91 Å². The number of benzene rings is 3. The first-order valence-corrected chi connectivity index (χ1v) is 10.2. The van der Waals surface area contributed by atoms with Crippen LogP contribution in [0.15, 0.2) is 69.6 Å². The van der Waals surface area contributed by atoms with Gasteiger partial charge in [0.2, 0.25) is 5.89 Å². The van der Waals surface area contributed by atoms with Gasteiger partial charge in [-0.2, -0.15) is 0 Å². The second-order valence-electron chi connectivity index (χ2n) is 6.64. The van der Waals surface area contributed by atoms with E-state index in [4.69, 9.17) is 16.6 Å². The molecule has 0 unspecified atom stereocenters. The Hall–Kier alpha value is -3.23. The summed E-state index contributed by atoms with van der Waals surface area (Å²) in [6.45, 7) is 1.97. The lowest BCUT2D eigenvalue weighted by molar-refractivity contribution is 0.0977. The molecule has 30 heavy (non-hydrogen) atoms. The molecule has 0 radical (unpaired) electrons. The van der Waals surface area contributed by atoms with Gasteiger partial charge in [-0.15, -0.1) is 0 Å². The second-order valence-corrected chi connectivity index (χ2v) is 7.96. The summed E-state index contributed by atoms with van der Waals surface area (Å²) in [5, 5.41) is 16.0. The average molecular weight is 482 g/mol. The summed E-state index contributed by atoms with van der Waals surface area (Å²) in [5.74, 6) is -0.0177. The van der Waals surface area contributed by atoms with Crippen LogP contribution in [0, 0.1) is 6.92 Å². The van der Waals surface area contributed by atoms with E-state index in [0.29, 0.717) is 33.8 Å². The number of nitrogens with one attached hydrogen (secondary N) is 2. The molecule has 8 heteroatoms. The number of aryl methyl sites for hydroxylation is 1. The zero-order valence-electron chi connectivity index (χ0n) is 15.8. The third-order valence-corrected chi connectivity index (χ3v) is 5.04. The topological polar surface area (TPSA) is 87.4 Å². The third kappa shape index (κ3) is 4.34. The number of hydrogen-bond acceptors (Lipinski definition) is 5. The number of phenolic OH excluding ortho intramolecular Hbond substituents is 1. The number of thiocarbonyl (C=S) groups is 1. The molecule has 4 rings (SSSR count). The summed E-state index contributed by atoms with van der Waals surface area (Å²) < 4.78 is 6.60. The van der Waals surface area contributed by atoms with Crippen molar-refractivity contribution < 1.29 is 14.3 Å². The smallest absolute Gasteiger partial charge is 0.257 e. The molecule has 0 saturated heterocycles. The van der Waals surface area contributed by atoms with E-state index in [9.17, 15) is 9.90 Å². The Morgan fingerprint density at radius 3 is 2.77 bits per heavy atom. The quantitative estimate of drug-likeness (QED) is 0.268. The summed E-state index contributed by atoms with van der Waals surface area (Å²) in [6, 6.07) is 17.5. The number of nitrogens with zero attached hydrogens (tertiary/aromatic N) is 1. The first-order valence-electron chi connectivity index (χ1n) is 8.97. The number of amides is 1. The minimum Gasteiger partial charge on any atom is -0.507 e. The highest BCUT2D eigenvalue weighted by Gasteiger charge is 2.14. The summed E-state index contributed by atoms with van der Waals surface area (Å²) in [6.07, 6.45) is 0. The molecule has 6 nitrogen and oxygen atoms in total. The van der Waals surface area contributed by atoms with Crippen molar-refractivity contribution in [2.45, 2.75) is 6.92 Å². The van der Waals surface area contributed by atoms with Gasteiger partial charge in [0.05, 0.1) is 5.56 Å². The van der Waals surface area contributed by atoms with E-state index in [1.807, 2.05) is 31.2 Å². The largest absolute Gasteiger partial charge is 0.507 e. The molecular formula is C22H16BrN3O3S. The van der Waals surface area contributed by atoms with Gasteiger partial charge >= 0.3 is 0 Å². The zero-order valence-corrected chi connectivity index (χ0v) is 18.2. The summed E-state index contributed by atoms with van der Waals surface area (Å²) >= 11 is 8.59. The van der Waals surface area contributed by atoms with Crippen LogP contribution in [-0.2, 0) is 0 Å². The number of carbonyl (C=O) groups excluding carboxylic acids is 1. The minimum absolute atomic E-state index is 0.0212. The van der Waals surface area contributed by atoms with Crippen molar-refractivity contribution in [3.8, 4) is 17.2 Å². The Morgan fingerprint density at radius 1 is 1.13 bits per heavy atom. The SMILES string of the molecule is Cc1ccc2nc(-c3cc(NC(=S)NC(=O)c4cccc(Br)c4)ccc3O)oc2c1. The Morgan fingerprint density at radius 2 is 1.97 bits per heavy atom. The van der Waals surface area contributed by atoms with E-state index >= 15 is 0 Å². The van der Waals surface area contributed by atoms with Crippen LogP contribution in [0.1, 0.15) is 15.9 Å². The van der Waals surface area contributed by atoms with Gasteiger partial charge in [0.15, 0.2) is 10.7 Å². The number of rotatable bonds is 3. The van der Waals surface area contributed by atoms with Gasteiger partial charge in [-0.3, -0.25) is 10.1 Å². The highest BCUT2D eigenvalue weighted by molar-refractivity contribution is 9.10. The average Bonchev–Trinajstić information content (AvgIpc) is 3.12. The highest BCUT2D eigenvalue weighted by Crippen LogP contribution is 2.33.